The highest BCUT2D eigenvalue weighted by atomic mass is 28.4. The molecule has 228 valence electrons. The Kier molecular flexibility index (Phi) is 12.2. The van der Waals surface area contributed by atoms with Crippen molar-refractivity contribution in [3.05, 3.63) is 0 Å². The predicted octanol–water partition coefficient (Wildman–Crippen LogP) is 6.53. The molecule has 0 heterocycles. The minimum absolute atomic E-state index is 0.00636. The number of nitrogens with zero attached hydrogens (tertiary/aromatic N) is 1. The van der Waals surface area contributed by atoms with E-state index in [-0.39, 0.29) is 37.2 Å². The second kappa shape index (κ2) is 12.8. The molecule has 0 bridgehead atoms. The molecule has 0 spiro atoms. The number of rotatable bonds is 17. The summed E-state index contributed by atoms with van der Waals surface area (Å²) in [5, 5.41) is 9.12. The third-order valence-corrected chi connectivity index (χ3v) is 8.12. The summed E-state index contributed by atoms with van der Waals surface area (Å²) < 4.78 is 188. The number of halogens is 13. The van der Waals surface area contributed by atoms with Crippen LogP contribution in [-0.2, 0) is 13.3 Å². The molecule has 38 heavy (non-hydrogen) atoms. The molecule has 0 radical (unpaired) electrons. The maximum Gasteiger partial charge on any atom is 0.500 e. The summed E-state index contributed by atoms with van der Waals surface area (Å²) >= 11 is 0. The lowest BCUT2D eigenvalue weighted by Crippen LogP contribution is -2.70. The average molecular weight is 611 g/mol. The van der Waals surface area contributed by atoms with Gasteiger partial charge in [-0.05, 0) is 27.2 Å². The van der Waals surface area contributed by atoms with Gasteiger partial charge in [-0.25, -0.2) is 4.79 Å². The lowest BCUT2D eigenvalue weighted by molar-refractivity contribution is -0.440. The van der Waals surface area contributed by atoms with Crippen molar-refractivity contribution in [3.63, 3.8) is 0 Å². The molecule has 0 fully saturated rings. The molecule has 1 N–H and O–H groups in total. The fourth-order valence-corrected chi connectivity index (χ4v) is 5.62. The molecular formula is C18H26F13NO5Si. The van der Waals surface area contributed by atoms with Crippen LogP contribution in [0.1, 0.15) is 33.6 Å². The average Bonchev–Trinajstić information content (AvgIpc) is 2.75. The summed E-state index contributed by atoms with van der Waals surface area (Å²) in [5.74, 6) is -37.6. The zero-order valence-corrected chi connectivity index (χ0v) is 21.1. The molecule has 0 aromatic rings. The fraction of sp³-hybridized carbons (Fsp3) is 0.944. The molecule has 0 aliphatic rings. The van der Waals surface area contributed by atoms with Crippen LogP contribution in [0.4, 0.5) is 61.9 Å². The molecule has 0 saturated heterocycles. The van der Waals surface area contributed by atoms with Crippen LogP contribution in [0.2, 0.25) is 6.04 Å². The van der Waals surface area contributed by atoms with Gasteiger partial charge in [0.1, 0.15) is 0 Å². The van der Waals surface area contributed by atoms with Crippen molar-refractivity contribution < 1.29 is 80.3 Å². The highest BCUT2D eigenvalue weighted by Gasteiger charge is 2.90. The van der Waals surface area contributed by atoms with Gasteiger partial charge in [0, 0.05) is 45.4 Å². The molecule has 0 rings (SSSR count). The standard InChI is InChI=1S/C18H26F13NO5Si/c1-4-35-38(36-5-2,37-6-3)11-7-9-32(12(33)34)10-8-13(19,20)14(21,22)15(23,24)16(25,26)17(27,28)18(29,30)31/h4-11H2,1-3H3,(H,33,34). The fourth-order valence-electron chi connectivity index (χ4n) is 3.03. The Morgan fingerprint density at radius 1 is 0.684 bits per heavy atom. The second-order valence-electron chi connectivity index (χ2n) is 7.61. The van der Waals surface area contributed by atoms with E-state index in [0.717, 1.165) is 0 Å². The van der Waals surface area contributed by atoms with Gasteiger partial charge >= 0.3 is 50.7 Å². The normalized spacial score (nSPS) is 14.6. The van der Waals surface area contributed by atoms with Crippen LogP contribution >= 0.6 is 0 Å². The molecule has 0 unspecified atom stereocenters. The highest BCUT2D eigenvalue weighted by Crippen LogP contribution is 2.60. The van der Waals surface area contributed by atoms with Crippen molar-refractivity contribution in [2.45, 2.75) is 75.4 Å². The van der Waals surface area contributed by atoms with Gasteiger partial charge in [-0.2, -0.15) is 57.1 Å². The van der Waals surface area contributed by atoms with E-state index in [2.05, 4.69) is 0 Å². The third-order valence-electron chi connectivity index (χ3n) is 4.97. The van der Waals surface area contributed by atoms with Gasteiger partial charge < -0.3 is 23.3 Å². The zero-order valence-electron chi connectivity index (χ0n) is 20.1. The van der Waals surface area contributed by atoms with Crippen LogP contribution in [0.25, 0.3) is 0 Å². The van der Waals surface area contributed by atoms with Crippen LogP contribution in [-0.4, -0.2) is 93.6 Å². The van der Waals surface area contributed by atoms with Crippen molar-refractivity contribution in [1.82, 2.24) is 4.90 Å². The Morgan fingerprint density at radius 3 is 1.42 bits per heavy atom. The van der Waals surface area contributed by atoms with Crippen molar-refractivity contribution in [2.75, 3.05) is 32.9 Å². The Labute approximate surface area is 209 Å². The minimum atomic E-state index is -8.01. The van der Waals surface area contributed by atoms with Crippen molar-refractivity contribution >= 4 is 14.9 Å². The van der Waals surface area contributed by atoms with Crippen LogP contribution < -0.4 is 0 Å². The van der Waals surface area contributed by atoms with E-state index >= 15 is 0 Å². The molecule has 0 aromatic heterocycles. The molecule has 1 amide bonds. The first-order valence-corrected chi connectivity index (χ1v) is 12.7. The smallest absolute Gasteiger partial charge is 0.465 e. The van der Waals surface area contributed by atoms with Gasteiger partial charge in [0.15, 0.2) is 0 Å². The number of hydrogen-bond acceptors (Lipinski definition) is 4. The minimum Gasteiger partial charge on any atom is -0.465 e. The molecule has 0 saturated carbocycles. The van der Waals surface area contributed by atoms with E-state index in [1.54, 1.807) is 20.8 Å². The maximum atomic E-state index is 14.0. The Hall–Kier alpha value is -1.54. The summed E-state index contributed by atoms with van der Waals surface area (Å²) in [6.45, 7) is 2.49. The zero-order chi connectivity index (χ0) is 30.4. The largest absolute Gasteiger partial charge is 0.500 e. The highest BCUT2D eigenvalue weighted by molar-refractivity contribution is 6.60. The van der Waals surface area contributed by atoms with Crippen molar-refractivity contribution in [3.8, 4) is 0 Å². The molecule has 0 aliphatic heterocycles. The van der Waals surface area contributed by atoms with Crippen LogP contribution in [0.3, 0.4) is 0 Å². The number of alkyl halides is 13. The molecular weight excluding hydrogens is 585 g/mol. The SMILES string of the molecule is CCO[Si](CCCN(CCC(F)(F)C(F)(F)C(F)(F)C(F)(F)C(F)(F)C(F)(F)F)C(=O)O)(OCC)OCC. The Bertz CT molecular complexity index is 750. The van der Waals surface area contributed by atoms with E-state index < -0.39 is 70.2 Å². The van der Waals surface area contributed by atoms with Gasteiger partial charge in [0.05, 0.1) is 0 Å². The maximum absolute atomic E-state index is 14.0. The summed E-state index contributed by atoms with van der Waals surface area (Å²) in [5.41, 5.74) is 0. The molecule has 20 heteroatoms. The monoisotopic (exact) mass is 611 g/mol. The first kappa shape index (κ1) is 36.5. The van der Waals surface area contributed by atoms with E-state index in [1.165, 1.54) is 0 Å². The molecule has 0 aromatic carbocycles. The van der Waals surface area contributed by atoms with Crippen LogP contribution in [0.15, 0.2) is 0 Å². The summed E-state index contributed by atoms with van der Waals surface area (Å²) in [7, 11) is -3.40. The van der Waals surface area contributed by atoms with Crippen molar-refractivity contribution in [2.24, 2.45) is 0 Å². The number of amides is 1. The summed E-state index contributed by atoms with van der Waals surface area (Å²) in [4.78, 5) is 11.3. The lowest BCUT2D eigenvalue weighted by atomic mass is 9.92. The molecule has 0 aliphatic carbocycles. The Morgan fingerprint density at radius 2 is 1.08 bits per heavy atom. The van der Waals surface area contributed by atoms with Gasteiger partial charge in [0.25, 0.3) is 0 Å². The van der Waals surface area contributed by atoms with E-state index in [4.69, 9.17) is 18.4 Å². The predicted molar refractivity (Wildman–Crippen MR) is 105 cm³/mol. The van der Waals surface area contributed by atoms with Crippen LogP contribution in [0, 0.1) is 0 Å². The van der Waals surface area contributed by atoms with Gasteiger partial charge in [0.2, 0.25) is 0 Å². The summed E-state index contributed by atoms with van der Waals surface area (Å²) in [6, 6.07) is -0.129. The van der Waals surface area contributed by atoms with E-state index in [0.29, 0.717) is 0 Å². The number of carboxylic acid groups (broad SMARTS) is 1. The van der Waals surface area contributed by atoms with Gasteiger partial charge in [-0.15, -0.1) is 0 Å². The third kappa shape index (κ3) is 7.35. The summed E-state index contributed by atoms with van der Waals surface area (Å²) in [6.07, 6.45) is -12.5. The van der Waals surface area contributed by atoms with Crippen LogP contribution in [0.5, 0.6) is 0 Å². The number of carbonyl (C=O) groups is 1. The number of hydrogen-bond donors (Lipinski definition) is 1. The molecule has 0 atom stereocenters. The first-order valence-electron chi connectivity index (χ1n) is 10.8. The van der Waals surface area contributed by atoms with Crippen molar-refractivity contribution in [1.29, 1.82) is 0 Å². The van der Waals surface area contributed by atoms with E-state index in [1.807, 2.05) is 0 Å². The first-order chi connectivity index (χ1) is 16.9. The molecule has 6 nitrogen and oxygen atoms in total. The Balaban J connectivity index is 5.77. The van der Waals surface area contributed by atoms with Gasteiger partial charge in [-0.3, -0.25) is 0 Å². The quantitative estimate of drug-likeness (QED) is 0.150. The van der Waals surface area contributed by atoms with Gasteiger partial charge in [-0.1, -0.05) is 0 Å². The van der Waals surface area contributed by atoms with E-state index in [9.17, 15) is 61.9 Å². The topological polar surface area (TPSA) is 68.2 Å². The second-order valence-corrected chi connectivity index (χ2v) is 10.3. The lowest BCUT2D eigenvalue weighted by Gasteiger charge is -2.40.